The fraction of sp³-hybridized carbons (Fsp3) is 0.500. The number of carbonyl (C=O) groups is 2. The van der Waals surface area contributed by atoms with Crippen LogP contribution in [0.3, 0.4) is 0 Å². The third kappa shape index (κ3) is 1.73. The Labute approximate surface area is 81.9 Å². The van der Waals surface area contributed by atoms with Crippen LogP contribution in [0.25, 0.3) is 0 Å². The molecule has 0 amide bonds. The van der Waals surface area contributed by atoms with Crippen molar-refractivity contribution in [1.29, 1.82) is 0 Å². The van der Waals surface area contributed by atoms with Crippen LogP contribution in [0.4, 0.5) is 0 Å². The lowest BCUT2D eigenvalue weighted by Gasteiger charge is -2.18. The first kappa shape index (κ1) is 9.12. The lowest BCUT2D eigenvalue weighted by molar-refractivity contribution is -0.130. The van der Waals surface area contributed by atoms with Crippen molar-refractivity contribution < 1.29 is 9.59 Å². The minimum atomic E-state index is 0.0510. The molecule has 2 rings (SSSR count). The van der Waals surface area contributed by atoms with Crippen LogP contribution in [0.1, 0.15) is 30.7 Å². The van der Waals surface area contributed by atoms with Gasteiger partial charge in [0.2, 0.25) is 0 Å². The predicted molar refractivity (Wildman–Crippen MR) is 49.8 cm³/mol. The van der Waals surface area contributed by atoms with E-state index in [-0.39, 0.29) is 23.9 Å². The molecular formula is C10H12N2O2. The summed E-state index contributed by atoms with van der Waals surface area (Å²) in [4.78, 5) is 22.4. The van der Waals surface area contributed by atoms with Crippen LogP contribution in [-0.4, -0.2) is 21.3 Å². The van der Waals surface area contributed by atoms with Gasteiger partial charge in [0.1, 0.15) is 11.6 Å². The Morgan fingerprint density at radius 3 is 2.50 bits per heavy atom. The van der Waals surface area contributed by atoms with Crippen molar-refractivity contribution in [1.82, 2.24) is 9.78 Å². The molecule has 0 unspecified atom stereocenters. The Morgan fingerprint density at radius 2 is 2.00 bits per heavy atom. The quantitative estimate of drug-likeness (QED) is 0.619. The van der Waals surface area contributed by atoms with Gasteiger partial charge in [-0.1, -0.05) is 0 Å². The van der Waals surface area contributed by atoms with E-state index in [1.165, 1.54) is 0 Å². The third-order valence-corrected chi connectivity index (χ3v) is 2.54. The molecule has 0 atom stereocenters. The summed E-state index contributed by atoms with van der Waals surface area (Å²) < 4.78 is 1.69. The second-order valence-corrected chi connectivity index (χ2v) is 3.81. The highest BCUT2D eigenvalue weighted by molar-refractivity contribution is 6.02. The maximum Gasteiger partial charge on any atom is 0.140 e. The maximum absolute atomic E-state index is 11.2. The first-order valence-electron chi connectivity index (χ1n) is 4.67. The Bertz CT molecular complexity index is 365. The van der Waals surface area contributed by atoms with Gasteiger partial charge in [0.05, 0.1) is 12.6 Å². The van der Waals surface area contributed by atoms with Crippen LogP contribution >= 0.6 is 0 Å². The lowest BCUT2D eigenvalue weighted by Crippen LogP contribution is -2.20. The first-order chi connectivity index (χ1) is 6.65. The average Bonchev–Trinajstić information content (AvgIpc) is 2.50. The molecule has 0 bridgehead atoms. The summed E-state index contributed by atoms with van der Waals surface area (Å²) in [6, 6.07) is 0. The molecule has 1 aliphatic carbocycles. The normalized spacial score (nSPS) is 18.9. The van der Waals surface area contributed by atoms with Gasteiger partial charge in [0.15, 0.2) is 0 Å². The number of rotatable bonds is 1. The fourth-order valence-electron chi connectivity index (χ4n) is 1.87. The number of aryl methyl sites for hydroxylation is 1. The number of hydrogen-bond donors (Lipinski definition) is 0. The SMILES string of the molecule is Cn1cc(C2CC(=O)CC(=O)C2)cn1. The fourth-order valence-corrected chi connectivity index (χ4v) is 1.87. The number of aromatic nitrogens is 2. The molecule has 0 radical (unpaired) electrons. The van der Waals surface area contributed by atoms with Crippen molar-refractivity contribution in [2.45, 2.75) is 25.2 Å². The van der Waals surface area contributed by atoms with Crippen LogP contribution in [0.15, 0.2) is 12.4 Å². The molecule has 1 aromatic rings. The summed E-state index contributed by atoms with van der Waals surface area (Å²) in [5, 5.41) is 4.04. The van der Waals surface area contributed by atoms with Gasteiger partial charge in [-0.05, 0) is 5.56 Å². The molecule has 14 heavy (non-hydrogen) atoms. The van der Waals surface area contributed by atoms with Crippen LogP contribution in [0.2, 0.25) is 0 Å². The van der Waals surface area contributed by atoms with Crippen molar-refractivity contribution in [3.8, 4) is 0 Å². The second-order valence-electron chi connectivity index (χ2n) is 3.81. The van der Waals surface area contributed by atoms with Gasteiger partial charge in [-0.25, -0.2) is 0 Å². The molecule has 0 spiro atoms. The van der Waals surface area contributed by atoms with Gasteiger partial charge in [-0.2, -0.15) is 5.10 Å². The van der Waals surface area contributed by atoms with E-state index in [4.69, 9.17) is 0 Å². The molecule has 1 heterocycles. The lowest BCUT2D eigenvalue weighted by atomic mass is 9.84. The summed E-state index contributed by atoms with van der Waals surface area (Å²) in [5.74, 6) is 0.155. The number of carbonyl (C=O) groups excluding carboxylic acids is 2. The Kier molecular flexibility index (Phi) is 2.19. The highest BCUT2D eigenvalue weighted by Crippen LogP contribution is 2.28. The van der Waals surface area contributed by atoms with E-state index < -0.39 is 0 Å². The van der Waals surface area contributed by atoms with Crippen molar-refractivity contribution in [3.05, 3.63) is 18.0 Å². The molecule has 4 heteroatoms. The van der Waals surface area contributed by atoms with E-state index in [9.17, 15) is 9.59 Å². The predicted octanol–water partition coefficient (Wildman–Crippen LogP) is 0.826. The Hall–Kier alpha value is -1.45. The van der Waals surface area contributed by atoms with E-state index >= 15 is 0 Å². The first-order valence-corrected chi connectivity index (χ1v) is 4.67. The molecule has 1 fully saturated rings. The van der Waals surface area contributed by atoms with Crippen molar-refractivity contribution in [3.63, 3.8) is 0 Å². The van der Waals surface area contributed by atoms with Gasteiger partial charge >= 0.3 is 0 Å². The molecule has 4 nitrogen and oxygen atoms in total. The summed E-state index contributed by atoms with van der Waals surface area (Å²) in [6.45, 7) is 0. The molecule has 1 aromatic heterocycles. The highest BCUT2D eigenvalue weighted by Gasteiger charge is 2.27. The molecule has 0 aromatic carbocycles. The smallest absolute Gasteiger partial charge is 0.140 e. The zero-order valence-corrected chi connectivity index (χ0v) is 8.06. The summed E-state index contributed by atoms with van der Waals surface area (Å²) in [7, 11) is 1.83. The molecule has 1 aliphatic rings. The van der Waals surface area contributed by atoms with E-state index in [1.807, 2.05) is 13.2 Å². The van der Waals surface area contributed by atoms with E-state index in [2.05, 4.69) is 5.10 Å². The molecular weight excluding hydrogens is 180 g/mol. The van der Waals surface area contributed by atoms with Gasteiger partial charge in [-0.15, -0.1) is 0 Å². The van der Waals surface area contributed by atoms with Crippen LogP contribution < -0.4 is 0 Å². The van der Waals surface area contributed by atoms with Gasteiger partial charge in [-0.3, -0.25) is 14.3 Å². The molecule has 1 saturated carbocycles. The van der Waals surface area contributed by atoms with Gasteiger partial charge in [0.25, 0.3) is 0 Å². The van der Waals surface area contributed by atoms with Crippen LogP contribution in [0, 0.1) is 0 Å². The van der Waals surface area contributed by atoms with Gasteiger partial charge < -0.3 is 0 Å². The zero-order chi connectivity index (χ0) is 10.1. The third-order valence-electron chi connectivity index (χ3n) is 2.54. The Balaban J connectivity index is 2.18. The van der Waals surface area contributed by atoms with Crippen LogP contribution in [0.5, 0.6) is 0 Å². The van der Waals surface area contributed by atoms with Crippen molar-refractivity contribution >= 4 is 11.6 Å². The topological polar surface area (TPSA) is 52.0 Å². The molecule has 0 aliphatic heterocycles. The minimum absolute atomic E-state index is 0.0510. The molecule has 0 N–H and O–H groups in total. The van der Waals surface area contributed by atoms with E-state index in [1.54, 1.807) is 10.9 Å². The highest BCUT2D eigenvalue weighted by atomic mass is 16.1. The zero-order valence-electron chi connectivity index (χ0n) is 8.06. The summed E-state index contributed by atoms with van der Waals surface area (Å²) in [6.07, 6.45) is 4.69. The summed E-state index contributed by atoms with van der Waals surface area (Å²) >= 11 is 0. The van der Waals surface area contributed by atoms with Crippen molar-refractivity contribution in [2.24, 2.45) is 7.05 Å². The second kappa shape index (κ2) is 3.36. The number of Topliss-reactive ketones (excluding diaryl/α,β-unsaturated/α-hetero) is 2. The van der Waals surface area contributed by atoms with E-state index in [0.717, 1.165) is 5.56 Å². The average molecular weight is 192 g/mol. The number of nitrogens with zero attached hydrogens (tertiary/aromatic N) is 2. The molecule has 0 saturated heterocycles. The standard InChI is InChI=1S/C10H12N2O2/c1-12-6-8(5-11-12)7-2-9(13)4-10(14)3-7/h5-7H,2-4H2,1H3. The molecule has 74 valence electrons. The number of hydrogen-bond acceptors (Lipinski definition) is 3. The number of ketones is 2. The minimum Gasteiger partial charge on any atom is -0.299 e. The van der Waals surface area contributed by atoms with Crippen LogP contribution in [-0.2, 0) is 16.6 Å². The monoisotopic (exact) mass is 192 g/mol. The largest absolute Gasteiger partial charge is 0.299 e. The summed E-state index contributed by atoms with van der Waals surface area (Å²) in [5.41, 5.74) is 0.994. The maximum atomic E-state index is 11.2. The van der Waals surface area contributed by atoms with E-state index in [0.29, 0.717) is 12.8 Å². The Morgan fingerprint density at radius 1 is 1.36 bits per heavy atom. The van der Waals surface area contributed by atoms with Crippen molar-refractivity contribution in [2.75, 3.05) is 0 Å². The van der Waals surface area contributed by atoms with Gasteiger partial charge in [0, 0.05) is 32.0 Å².